The third-order valence-electron chi connectivity index (χ3n) is 0. The van der Waals surface area contributed by atoms with Gasteiger partial charge in [-0.25, -0.2) is 4.57 Å². The molecule has 0 aliphatic heterocycles. The zero-order valence-corrected chi connectivity index (χ0v) is 8.46. The van der Waals surface area contributed by atoms with Crippen LogP contribution in [0.25, 0.3) is 0 Å². The fourth-order valence-corrected chi connectivity index (χ4v) is 0. The van der Waals surface area contributed by atoms with Crippen molar-refractivity contribution in [1.82, 2.24) is 0 Å². The average Bonchev–Trinajstić information content (AvgIpc) is 0.722. The Morgan fingerprint density at radius 1 is 1.12 bits per heavy atom. The topological polar surface area (TPSA) is 77.8 Å². The van der Waals surface area contributed by atoms with Gasteiger partial charge < -0.3 is 17.5 Å². The van der Waals surface area contributed by atoms with Crippen LogP contribution in [-0.2, 0) is 4.57 Å². The summed E-state index contributed by atoms with van der Waals surface area (Å²) in [5.74, 6) is 0. The van der Waals surface area contributed by atoms with E-state index in [2.05, 4.69) is 0 Å². The number of rotatable bonds is 0. The average molecular weight is 213 g/mol. The number of hydrogen-bond donors (Lipinski definition) is 3. The van der Waals surface area contributed by atoms with E-state index in [0.29, 0.717) is 0 Å². The first-order chi connectivity index (χ1) is 2.00. The first-order valence-electron chi connectivity index (χ1n) is 0.783. The van der Waals surface area contributed by atoms with Crippen LogP contribution in [0.3, 0.4) is 0 Å². The molecule has 0 fully saturated rings. The number of phosphoric acid groups is 1. The molecule has 0 aliphatic rings. The van der Waals surface area contributed by atoms with Gasteiger partial charge in [-0.3, -0.25) is 0 Å². The molecule has 0 atom stereocenters. The Labute approximate surface area is 91.7 Å². The van der Waals surface area contributed by atoms with E-state index in [-0.39, 0.29) is 65.4 Å². The van der Waals surface area contributed by atoms with E-state index in [1.807, 2.05) is 0 Å². The Hall–Kier alpha value is 1.95. The van der Waals surface area contributed by atoms with Gasteiger partial charge in [-0.05, 0) is 0 Å². The molecule has 0 rings (SSSR count). The predicted octanol–water partition coefficient (Wildman–Crippen LogP) is -0.241. The normalized spacial score (nSPS) is 7.38. The van der Waals surface area contributed by atoms with Crippen LogP contribution in [0.2, 0.25) is 0 Å². The SMILES string of the molecule is Cl.Cl.O=P(O)(O)O.[Ca+2].[H-].[H-]. The standard InChI is InChI=1S/Ca.2ClH.H3O4P.2H/c;;;1-5(2,3)4;;/h;2*1H;(H3,1,2,3,4);;/q+2;;;;2*-1. The molecule has 0 aromatic rings. The van der Waals surface area contributed by atoms with Crippen molar-refractivity contribution in [2.24, 2.45) is 0 Å². The molecule has 0 bridgehead atoms. The second-order valence-electron chi connectivity index (χ2n) is 0.513. The summed E-state index contributed by atoms with van der Waals surface area (Å²) in [6, 6.07) is 0. The van der Waals surface area contributed by atoms with Crippen LogP contribution in [0.1, 0.15) is 2.85 Å². The molecule has 0 spiro atoms. The summed E-state index contributed by atoms with van der Waals surface area (Å²) >= 11 is 0. The van der Waals surface area contributed by atoms with Gasteiger partial charge in [-0.1, -0.05) is 0 Å². The van der Waals surface area contributed by atoms with Crippen LogP contribution in [-0.4, -0.2) is 52.4 Å². The van der Waals surface area contributed by atoms with Gasteiger partial charge in [0.2, 0.25) is 0 Å². The van der Waals surface area contributed by atoms with Gasteiger partial charge in [0.1, 0.15) is 0 Å². The van der Waals surface area contributed by atoms with Gasteiger partial charge >= 0.3 is 45.6 Å². The van der Waals surface area contributed by atoms with E-state index >= 15 is 0 Å². The Bertz CT molecular complexity index is 67.4. The largest absolute Gasteiger partial charge is 2.00 e. The fraction of sp³-hybridized carbons (Fsp3) is 0. The third-order valence-corrected chi connectivity index (χ3v) is 0. The summed E-state index contributed by atoms with van der Waals surface area (Å²) in [6.45, 7) is 0. The first-order valence-corrected chi connectivity index (χ1v) is 2.35. The van der Waals surface area contributed by atoms with Gasteiger partial charge in [0.25, 0.3) is 0 Å². The molecular weight excluding hydrogens is 206 g/mol. The summed E-state index contributed by atoms with van der Waals surface area (Å²) in [6.07, 6.45) is 0. The van der Waals surface area contributed by atoms with Gasteiger partial charge in [-0.15, -0.1) is 24.8 Å². The van der Waals surface area contributed by atoms with Crippen molar-refractivity contribution in [2.75, 3.05) is 0 Å². The first kappa shape index (κ1) is 22.5. The molecule has 0 saturated heterocycles. The monoisotopic (exact) mass is 212 g/mol. The molecule has 0 unspecified atom stereocenters. The summed E-state index contributed by atoms with van der Waals surface area (Å²) in [4.78, 5) is 21.6. The van der Waals surface area contributed by atoms with Crippen molar-refractivity contribution < 1.29 is 22.1 Å². The Balaban J connectivity index is -0.00000000800. The molecule has 0 heterocycles. The molecule has 52 valence electrons. The smallest absolute Gasteiger partial charge is 1.00 e. The van der Waals surface area contributed by atoms with E-state index in [1.54, 1.807) is 0 Å². The minimum Gasteiger partial charge on any atom is -1.00 e. The molecule has 0 aromatic heterocycles. The molecule has 8 heavy (non-hydrogen) atoms. The van der Waals surface area contributed by atoms with Crippen LogP contribution in [0, 0.1) is 0 Å². The summed E-state index contributed by atoms with van der Waals surface area (Å²) in [5.41, 5.74) is 0. The molecule has 8 heteroatoms. The van der Waals surface area contributed by atoms with E-state index in [4.69, 9.17) is 19.2 Å². The van der Waals surface area contributed by atoms with Crippen LogP contribution in [0.5, 0.6) is 0 Å². The van der Waals surface area contributed by atoms with Crippen molar-refractivity contribution in [1.29, 1.82) is 0 Å². The zero-order valence-electron chi connectivity index (χ0n) is 5.72. The summed E-state index contributed by atoms with van der Waals surface area (Å²) in [7, 11) is -4.64. The van der Waals surface area contributed by atoms with Gasteiger partial charge in [-0.2, -0.15) is 0 Å². The Kier molecular flexibility index (Phi) is 25.2. The van der Waals surface area contributed by atoms with Gasteiger partial charge in [0, 0.05) is 0 Å². The Morgan fingerprint density at radius 2 is 1.12 bits per heavy atom. The number of halogens is 2. The van der Waals surface area contributed by atoms with Crippen LogP contribution < -0.4 is 0 Å². The molecule has 0 amide bonds. The Morgan fingerprint density at radius 3 is 1.12 bits per heavy atom. The molecule has 0 radical (unpaired) electrons. The fourth-order valence-electron chi connectivity index (χ4n) is 0. The molecular formula is H7CaCl2O4P. The quantitative estimate of drug-likeness (QED) is 0.383. The van der Waals surface area contributed by atoms with E-state index in [9.17, 15) is 0 Å². The molecule has 3 N–H and O–H groups in total. The van der Waals surface area contributed by atoms with E-state index in [0.717, 1.165) is 0 Å². The maximum atomic E-state index is 8.88. The van der Waals surface area contributed by atoms with Crippen molar-refractivity contribution in [3.8, 4) is 0 Å². The van der Waals surface area contributed by atoms with Crippen molar-refractivity contribution in [2.45, 2.75) is 0 Å². The van der Waals surface area contributed by atoms with E-state index in [1.165, 1.54) is 0 Å². The van der Waals surface area contributed by atoms with Crippen LogP contribution in [0.15, 0.2) is 0 Å². The van der Waals surface area contributed by atoms with Crippen molar-refractivity contribution in [3.05, 3.63) is 0 Å². The van der Waals surface area contributed by atoms with Crippen molar-refractivity contribution >= 4 is 70.4 Å². The van der Waals surface area contributed by atoms with Gasteiger partial charge in [0.05, 0.1) is 0 Å². The van der Waals surface area contributed by atoms with Crippen LogP contribution in [0.4, 0.5) is 0 Å². The second kappa shape index (κ2) is 8.95. The molecule has 4 nitrogen and oxygen atoms in total. The second-order valence-corrected chi connectivity index (χ2v) is 1.54. The maximum Gasteiger partial charge on any atom is 2.00 e. The predicted molar refractivity (Wildman–Crippen MR) is 36.7 cm³/mol. The third kappa shape index (κ3) is 101. The summed E-state index contributed by atoms with van der Waals surface area (Å²) < 4.78 is 8.88. The maximum absolute atomic E-state index is 8.88. The van der Waals surface area contributed by atoms with Gasteiger partial charge in [0.15, 0.2) is 0 Å². The van der Waals surface area contributed by atoms with Crippen molar-refractivity contribution in [3.63, 3.8) is 0 Å². The minimum atomic E-state index is -4.64. The molecule has 0 aliphatic carbocycles. The number of hydrogen-bond acceptors (Lipinski definition) is 1. The summed E-state index contributed by atoms with van der Waals surface area (Å²) in [5, 5.41) is 0. The zero-order chi connectivity index (χ0) is 4.50. The van der Waals surface area contributed by atoms with Crippen LogP contribution >= 0.6 is 32.6 Å². The molecule has 0 saturated carbocycles. The molecule has 0 aromatic carbocycles. The minimum absolute atomic E-state index is 0. The van der Waals surface area contributed by atoms with E-state index < -0.39 is 7.82 Å².